The van der Waals surface area contributed by atoms with E-state index in [-0.39, 0.29) is 41.9 Å². The molecule has 2 saturated heterocycles. The van der Waals surface area contributed by atoms with Crippen LogP contribution >= 0.6 is 0 Å². The van der Waals surface area contributed by atoms with Gasteiger partial charge in [-0.3, -0.25) is 14.4 Å². The summed E-state index contributed by atoms with van der Waals surface area (Å²) in [5.74, 6) is -1.79. The third-order valence-corrected chi connectivity index (χ3v) is 12.8. The van der Waals surface area contributed by atoms with Crippen molar-refractivity contribution in [1.29, 1.82) is 0 Å². The van der Waals surface area contributed by atoms with Crippen LogP contribution in [-0.2, 0) is 28.6 Å². The van der Waals surface area contributed by atoms with Crippen molar-refractivity contribution in [3.05, 3.63) is 46.1 Å². The molecule has 2 fully saturated rings. The molecule has 0 aromatic carbocycles. The summed E-state index contributed by atoms with van der Waals surface area (Å²) in [4.78, 5) is 41.6. The molecule has 4 bridgehead atoms. The first-order valence-electron chi connectivity index (χ1n) is 19.1. The van der Waals surface area contributed by atoms with Crippen molar-refractivity contribution < 1.29 is 38.8 Å². The molecular formula is C42H62O8. The SMILES string of the molecule is CC(=O)OC1CC(C)=CCCC(C)=CC(=O)CC23C(=O)OC(C1C(C)C)C2CC(C)=C1CCC(C)(O)C2CCC(C)(O)C(CCC(C)=CC13)O2. The first-order valence-corrected chi connectivity index (χ1v) is 19.1. The van der Waals surface area contributed by atoms with Gasteiger partial charge in [-0.2, -0.15) is 0 Å². The van der Waals surface area contributed by atoms with Crippen LogP contribution in [0.3, 0.4) is 0 Å². The largest absolute Gasteiger partial charge is 0.462 e. The summed E-state index contributed by atoms with van der Waals surface area (Å²) in [6, 6.07) is 0. The number of allylic oxidation sites excluding steroid dienone is 7. The zero-order chi connectivity index (χ0) is 36.8. The van der Waals surface area contributed by atoms with Gasteiger partial charge in [-0.15, -0.1) is 0 Å². The minimum atomic E-state index is -1.16. The molecule has 10 atom stereocenters. The van der Waals surface area contributed by atoms with Crippen molar-refractivity contribution >= 4 is 17.7 Å². The smallest absolute Gasteiger partial charge is 0.314 e. The summed E-state index contributed by atoms with van der Waals surface area (Å²) >= 11 is 0. The molecule has 10 unspecified atom stereocenters. The van der Waals surface area contributed by atoms with Crippen molar-refractivity contribution in [3.8, 4) is 0 Å². The molecular weight excluding hydrogens is 632 g/mol. The number of ether oxygens (including phenoxy) is 3. The summed E-state index contributed by atoms with van der Waals surface area (Å²) in [6.07, 6.45) is 10.1. The molecule has 50 heavy (non-hydrogen) atoms. The summed E-state index contributed by atoms with van der Waals surface area (Å²) < 4.78 is 19.1. The Labute approximate surface area is 299 Å². The lowest BCUT2D eigenvalue weighted by molar-refractivity contribution is -0.216. The number of carbonyl (C=O) groups is 3. The van der Waals surface area contributed by atoms with E-state index in [0.717, 1.165) is 34.3 Å². The maximum absolute atomic E-state index is 14.9. The second-order valence-corrected chi connectivity index (χ2v) is 17.3. The molecule has 0 spiro atoms. The third kappa shape index (κ3) is 7.78. The van der Waals surface area contributed by atoms with E-state index in [4.69, 9.17) is 14.2 Å². The van der Waals surface area contributed by atoms with E-state index in [9.17, 15) is 24.6 Å². The van der Waals surface area contributed by atoms with Crippen molar-refractivity contribution in [1.82, 2.24) is 0 Å². The maximum Gasteiger partial charge on any atom is 0.314 e. The fourth-order valence-electron chi connectivity index (χ4n) is 9.96. The second kappa shape index (κ2) is 14.8. The fourth-order valence-corrected chi connectivity index (χ4v) is 9.96. The summed E-state index contributed by atoms with van der Waals surface area (Å²) in [7, 11) is 0. The number of carbonyl (C=O) groups excluding carboxylic acids is 3. The number of aliphatic hydroxyl groups is 2. The van der Waals surface area contributed by atoms with Crippen molar-refractivity contribution in [2.45, 2.75) is 169 Å². The third-order valence-electron chi connectivity index (χ3n) is 12.8. The molecule has 8 heteroatoms. The molecule has 2 N–H and O–H groups in total. The quantitative estimate of drug-likeness (QED) is 0.223. The molecule has 278 valence electrons. The van der Waals surface area contributed by atoms with E-state index in [0.29, 0.717) is 57.8 Å². The van der Waals surface area contributed by atoms with Crippen LogP contribution in [0.15, 0.2) is 46.1 Å². The maximum atomic E-state index is 14.9. The average molecular weight is 695 g/mol. The van der Waals surface area contributed by atoms with E-state index >= 15 is 0 Å². The molecule has 0 saturated carbocycles. The summed E-state index contributed by atoms with van der Waals surface area (Å²) in [5.41, 5.74) is 2.06. The van der Waals surface area contributed by atoms with Gasteiger partial charge in [-0.25, -0.2) is 0 Å². The van der Waals surface area contributed by atoms with Crippen LogP contribution in [0.5, 0.6) is 0 Å². The zero-order valence-corrected chi connectivity index (χ0v) is 32.0. The van der Waals surface area contributed by atoms with Crippen LogP contribution in [0.25, 0.3) is 0 Å². The number of hydrogen-bond acceptors (Lipinski definition) is 8. The van der Waals surface area contributed by atoms with Gasteiger partial charge in [0.15, 0.2) is 5.78 Å². The van der Waals surface area contributed by atoms with Gasteiger partial charge in [-0.05, 0) is 111 Å². The number of rotatable bonds is 2. The summed E-state index contributed by atoms with van der Waals surface area (Å²) in [5, 5.41) is 23.2. The fraction of sp³-hybridized carbons (Fsp3) is 0.738. The Kier molecular flexibility index (Phi) is 11.5. The standard InChI is InChI=1S/C42H62O8/c1-24(2)37-34(48-29(7)43)21-26(4)12-10-11-25(3)19-30(44)23-42-32-20-27(5)13-14-35-41(9,47)18-16-36(49-35)40(8,46)17-15-31(32)28(6)22-33(42)38(37)50-39(42)45/h12,19-20,24,32-38,46-47H,10-11,13-18,21-23H2,1-9H3. The second-order valence-electron chi connectivity index (χ2n) is 17.3. The minimum Gasteiger partial charge on any atom is -0.462 e. The van der Waals surface area contributed by atoms with E-state index in [1.54, 1.807) is 6.08 Å². The predicted molar refractivity (Wildman–Crippen MR) is 193 cm³/mol. The van der Waals surface area contributed by atoms with Crippen molar-refractivity contribution in [2.75, 3.05) is 0 Å². The van der Waals surface area contributed by atoms with Gasteiger partial charge in [0.2, 0.25) is 0 Å². The minimum absolute atomic E-state index is 0.0208. The van der Waals surface area contributed by atoms with Gasteiger partial charge in [0.25, 0.3) is 0 Å². The van der Waals surface area contributed by atoms with E-state index < -0.39 is 47.0 Å². The Morgan fingerprint density at radius 1 is 0.920 bits per heavy atom. The molecule has 2 aliphatic carbocycles. The van der Waals surface area contributed by atoms with Gasteiger partial charge in [0.1, 0.15) is 12.2 Å². The Morgan fingerprint density at radius 3 is 2.28 bits per heavy atom. The van der Waals surface area contributed by atoms with Crippen LogP contribution in [-0.4, -0.2) is 63.6 Å². The molecule has 0 aromatic heterocycles. The Morgan fingerprint density at radius 2 is 1.60 bits per heavy atom. The molecule has 3 heterocycles. The molecule has 0 amide bonds. The van der Waals surface area contributed by atoms with Crippen molar-refractivity contribution in [2.24, 2.45) is 29.1 Å². The lowest BCUT2D eigenvalue weighted by Gasteiger charge is -2.48. The molecule has 5 rings (SSSR count). The van der Waals surface area contributed by atoms with E-state index in [2.05, 4.69) is 46.8 Å². The predicted octanol–water partition coefficient (Wildman–Crippen LogP) is 7.66. The van der Waals surface area contributed by atoms with Crippen LogP contribution in [0, 0.1) is 29.1 Å². The van der Waals surface area contributed by atoms with Crippen LogP contribution in [0.1, 0.15) is 133 Å². The number of hydrogen-bond donors (Lipinski definition) is 2. The molecule has 0 radical (unpaired) electrons. The molecule has 5 aliphatic rings. The highest BCUT2D eigenvalue weighted by atomic mass is 16.6. The Bertz CT molecular complexity index is 1460. The van der Waals surface area contributed by atoms with Gasteiger partial charge in [-0.1, -0.05) is 53.9 Å². The highest BCUT2D eigenvalue weighted by Crippen LogP contribution is 2.61. The highest BCUT2D eigenvalue weighted by Gasteiger charge is 2.65. The van der Waals surface area contributed by atoms with Gasteiger partial charge in [0, 0.05) is 37.5 Å². The first kappa shape index (κ1) is 38.7. The Balaban J connectivity index is 1.70. The van der Waals surface area contributed by atoms with E-state index in [1.807, 2.05) is 20.8 Å². The van der Waals surface area contributed by atoms with Gasteiger partial charge in [0.05, 0.1) is 28.8 Å². The monoisotopic (exact) mass is 694 g/mol. The first-order chi connectivity index (χ1) is 23.4. The van der Waals surface area contributed by atoms with E-state index in [1.165, 1.54) is 6.92 Å². The van der Waals surface area contributed by atoms with Gasteiger partial charge >= 0.3 is 11.9 Å². The number of fused-ring (bicyclic) bond motifs is 3. The van der Waals surface area contributed by atoms with Gasteiger partial charge < -0.3 is 24.4 Å². The molecule has 0 aromatic rings. The zero-order valence-electron chi connectivity index (χ0n) is 32.0. The van der Waals surface area contributed by atoms with Crippen LogP contribution in [0.2, 0.25) is 0 Å². The topological polar surface area (TPSA) is 119 Å². The van der Waals surface area contributed by atoms with Crippen molar-refractivity contribution in [3.63, 3.8) is 0 Å². The number of ketones is 1. The lowest BCUT2D eigenvalue weighted by atomic mass is 9.53. The summed E-state index contributed by atoms with van der Waals surface area (Å²) in [6.45, 7) is 17.5. The van der Waals surface area contributed by atoms with Crippen LogP contribution in [0.4, 0.5) is 0 Å². The lowest BCUT2D eigenvalue weighted by Crippen LogP contribution is -2.54. The normalized spacial score (nSPS) is 40.6. The molecule has 8 nitrogen and oxygen atoms in total. The molecule has 3 aliphatic heterocycles. The highest BCUT2D eigenvalue weighted by molar-refractivity contribution is 5.96. The Hall–Kier alpha value is -2.55. The number of esters is 2. The average Bonchev–Trinajstić information content (AvgIpc) is 3.25. The van der Waals surface area contributed by atoms with Crippen LogP contribution < -0.4 is 0 Å².